The third-order valence-electron chi connectivity index (χ3n) is 4.66. The molecule has 5 heteroatoms. The van der Waals surface area contributed by atoms with Gasteiger partial charge >= 0.3 is 5.69 Å². The Balaban J connectivity index is 2.42. The maximum absolute atomic E-state index is 11.5. The lowest BCUT2D eigenvalue weighted by Crippen LogP contribution is -2.04. The summed E-state index contributed by atoms with van der Waals surface area (Å²) < 4.78 is 11.4. The van der Waals surface area contributed by atoms with E-state index in [0.717, 1.165) is 25.7 Å². The Morgan fingerprint density at radius 3 is 1.56 bits per heavy atom. The molecule has 0 spiro atoms. The highest BCUT2D eigenvalue weighted by Crippen LogP contribution is 2.36. The minimum absolute atomic E-state index is 0.0468. The van der Waals surface area contributed by atoms with Crippen molar-refractivity contribution in [2.24, 2.45) is 0 Å². The van der Waals surface area contributed by atoms with Crippen molar-refractivity contribution >= 4 is 5.69 Å². The minimum atomic E-state index is -0.396. The SMILES string of the molecule is CCCCCCCCOc1cccc(OCCCCCCCC)c1[N+](=O)[O-]. The van der Waals surface area contributed by atoms with Crippen molar-refractivity contribution < 1.29 is 14.4 Å². The van der Waals surface area contributed by atoms with Gasteiger partial charge in [-0.2, -0.15) is 0 Å². The van der Waals surface area contributed by atoms with E-state index in [-0.39, 0.29) is 5.69 Å². The summed E-state index contributed by atoms with van der Waals surface area (Å²) in [7, 11) is 0. The van der Waals surface area contributed by atoms with Crippen LogP contribution in [0.5, 0.6) is 11.5 Å². The highest BCUT2D eigenvalue weighted by molar-refractivity contribution is 5.57. The molecule has 0 unspecified atom stereocenters. The first-order valence-corrected chi connectivity index (χ1v) is 10.7. The predicted octanol–water partition coefficient (Wildman–Crippen LogP) is 7.07. The molecule has 0 saturated carbocycles. The van der Waals surface area contributed by atoms with E-state index in [1.165, 1.54) is 51.4 Å². The monoisotopic (exact) mass is 379 g/mol. The number of benzene rings is 1. The summed E-state index contributed by atoms with van der Waals surface area (Å²) in [6.45, 7) is 5.41. The molecule has 0 aromatic heterocycles. The average Bonchev–Trinajstić information content (AvgIpc) is 2.66. The quantitative estimate of drug-likeness (QED) is 0.165. The average molecular weight is 380 g/mol. The summed E-state index contributed by atoms with van der Waals surface area (Å²) in [6.07, 6.45) is 13.9. The van der Waals surface area contributed by atoms with Crippen LogP contribution in [-0.4, -0.2) is 18.1 Å². The van der Waals surface area contributed by atoms with E-state index in [1.807, 2.05) is 0 Å². The van der Waals surface area contributed by atoms with E-state index in [9.17, 15) is 10.1 Å². The van der Waals surface area contributed by atoms with Gasteiger partial charge in [0.2, 0.25) is 11.5 Å². The normalized spacial score (nSPS) is 10.7. The summed E-state index contributed by atoms with van der Waals surface area (Å²) >= 11 is 0. The van der Waals surface area contributed by atoms with Gasteiger partial charge in [0.1, 0.15) is 0 Å². The second-order valence-electron chi connectivity index (χ2n) is 7.09. The van der Waals surface area contributed by atoms with Crippen molar-refractivity contribution in [1.29, 1.82) is 0 Å². The van der Waals surface area contributed by atoms with Gasteiger partial charge in [-0.15, -0.1) is 0 Å². The zero-order valence-electron chi connectivity index (χ0n) is 17.2. The van der Waals surface area contributed by atoms with Gasteiger partial charge in [-0.1, -0.05) is 84.1 Å². The van der Waals surface area contributed by atoms with Crippen LogP contribution in [0.2, 0.25) is 0 Å². The number of nitrogens with zero attached hydrogens (tertiary/aromatic N) is 1. The molecule has 1 aromatic rings. The molecule has 1 aromatic carbocycles. The zero-order chi connectivity index (χ0) is 19.7. The van der Waals surface area contributed by atoms with Gasteiger partial charge in [-0.05, 0) is 25.0 Å². The summed E-state index contributed by atoms with van der Waals surface area (Å²) in [5.41, 5.74) is -0.0468. The lowest BCUT2D eigenvalue weighted by Gasteiger charge is -2.11. The van der Waals surface area contributed by atoms with E-state index < -0.39 is 4.92 Å². The van der Waals surface area contributed by atoms with Gasteiger partial charge < -0.3 is 9.47 Å². The topological polar surface area (TPSA) is 61.6 Å². The van der Waals surface area contributed by atoms with Crippen molar-refractivity contribution in [3.05, 3.63) is 28.3 Å². The van der Waals surface area contributed by atoms with Gasteiger partial charge in [-0.3, -0.25) is 10.1 Å². The molecule has 0 fully saturated rings. The van der Waals surface area contributed by atoms with Gasteiger partial charge in [0, 0.05) is 0 Å². The van der Waals surface area contributed by atoms with E-state index in [4.69, 9.17) is 9.47 Å². The smallest absolute Gasteiger partial charge is 0.352 e. The van der Waals surface area contributed by atoms with Gasteiger partial charge in [0.25, 0.3) is 0 Å². The molecule has 0 bridgehead atoms. The lowest BCUT2D eigenvalue weighted by molar-refractivity contribution is -0.386. The molecule has 0 aliphatic heterocycles. The van der Waals surface area contributed by atoms with Crippen LogP contribution in [0.3, 0.4) is 0 Å². The van der Waals surface area contributed by atoms with E-state index >= 15 is 0 Å². The van der Waals surface area contributed by atoms with Crippen LogP contribution < -0.4 is 9.47 Å². The van der Waals surface area contributed by atoms with E-state index in [2.05, 4.69) is 13.8 Å². The van der Waals surface area contributed by atoms with Crippen molar-refractivity contribution in [2.75, 3.05) is 13.2 Å². The van der Waals surface area contributed by atoms with Crippen molar-refractivity contribution in [3.63, 3.8) is 0 Å². The van der Waals surface area contributed by atoms with Crippen LogP contribution >= 0.6 is 0 Å². The molecule has 0 saturated heterocycles. The first kappa shape index (κ1) is 23.3. The Bertz CT molecular complexity index is 483. The second-order valence-corrected chi connectivity index (χ2v) is 7.09. The molecule has 154 valence electrons. The number of hydrogen-bond donors (Lipinski definition) is 0. The number of para-hydroxylation sites is 1. The molecule has 0 atom stereocenters. The van der Waals surface area contributed by atoms with Crippen molar-refractivity contribution in [1.82, 2.24) is 0 Å². The largest absolute Gasteiger partial charge is 0.487 e. The van der Waals surface area contributed by atoms with Crippen LogP contribution in [0.25, 0.3) is 0 Å². The summed E-state index contributed by atoms with van der Waals surface area (Å²) in [5, 5.41) is 11.5. The summed E-state index contributed by atoms with van der Waals surface area (Å²) in [6, 6.07) is 5.08. The van der Waals surface area contributed by atoms with Crippen LogP contribution in [0, 0.1) is 10.1 Å². The maximum atomic E-state index is 11.5. The van der Waals surface area contributed by atoms with Crippen LogP contribution in [0.1, 0.15) is 90.9 Å². The van der Waals surface area contributed by atoms with Crippen molar-refractivity contribution in [3.8, 4) is 11.5 Å². The van der Waals surface area contributed by atoms with Crippen LogP contribution in [0.4, 0.5) is 5.69 Å². The Morgan fingerprint density at radius 2 is 1.15 bits per heavy atom. The number of ether oxygens (including phenoxy) is 2. The van der Waals surface area contributed by atoms with Gasteiger partial charge in [-0.25, -0.2) is 0 Å². The van der Waals surface area contributed by atoms with Gasteiger partial charge in [0.05, 0.1) is 18.1 Å². The molecule has 1 rings (SSSR count). The van der Waals surface area contributed by atoms with E-state index in [0.29, 0.717) is 24.7 Å². The molecular formula is C22H37NO4. The van der Waals surface area contributed by atoms with Crippen molar-refractivity contribution in [2.45, 2.75) is 90.9 Å². The second kappa shape index (κ2) is 15.3. The van der Waals surface area contributed by atoms with Gasteiger partial charge in [0.15, 0.2) is 0 Å². The summed E-state index contributed by atoms with van der Waals surface area (Å²) in [4.78, 5) is 11.1. The first-order chi connectivity index (χ1) is 13.2. The Labute approximate surface area is 164 Å². The number of unbranched alkanes of at least 4 members (excludes halogenated alkanes) is 10. The highest BCUT2D eigenvalue weighted by Gasteiger charge is 2.22. The number of nitro benzene ring substituents is 1. The fraction of sp³-hybridized carbons (Fsp3) is 0.727. The molecule has 0 aliphatic rings. The highest BCUT2D eigenvalue weighted by atomic mass is 16.6. The molecule has 0 N–H and O–H groups in total. The molecule has 0 heterocycles. The number of rotatable bonds is 17. The Hall–Kier alpha value is -1.78. The minimum Gasteiger partial charge on any atom is -0.487 e. The molecule has 27 heavy (non-hydrogen) atoms. The predicted molar refractivity (Wildman–Crippen MR) is 111 cm³/mol. The van der Waals surface area contributed by atoms with Crippen LogP contribution in [0.15, 0.2) is 18.2 Å². The molecule has 0 aliphatic carbocycles. The zero-order valence-corrected chi connectivity index (χ0v) is 17.2. The summed E-state index contributed by atoms with van der Waals surface area (Å²) in [5.74, 6) is 0.628. The third kappa shape index (κ3) is 10.2. The molecular weight excluding hydrogens is 342 g/mol. The standard InChI is InChI=1S/C22H37NO4/c1-3-5-7-9-11-13-18-26-20-16-15-17-21(22(20)23(24)25)27-19-14-12-10-8-6-4-2/h15-17H,3-14,18-19H2,1-2H3. The fourth-order valence-corrected chi connectivity index (χ4v) is 3.04. The molecule has 0 amide bonds. The maximum Gasteiger partial charge on any atom is 0.352 e. The van der Waals surface area contributed by atoms with E-state index in [1.54, 1.807) is 18.2 Å². The third-order valence-corrected chi connectivity index (χ3v) is 4.66. The number of hydrogen-bond acceptors (Lipinski definition) is 4. The number of nitro groups is 1. The Kier molecular flexibility index (Phi) is 13.2. The fourth-order valence-electron chi connectivity index (χ4n) is 3.04. The lowest BCUT2D eigenvalue weighted by atomic mass is 10.1. The molecule has 5 nitrogen and oxygen atoms in total. The molecule has 0 radical (unpaired) electrons. The first-order valence-electron chi connectivity index (χ1n) is 10.7. The van der Waals surface area contributed by atoms with Crippen LogP contribution in [-0.2, 0) is 0 Å². The Morgan fingerprint density at radius 1 is 0.741 bits per heavy atom.